The van der Waals surface area contributed by atoms with E-state index in [1.807, 2.05) is 25.1 Å². The molecule has 1 heterocycles. The topological polar surface area (TPSA) is 91.3 Å². The predicted octanol–water partition coefficient (Wildman–Crippen LogP) is 4.94. The molecule has 3 rings (SSSR count). The van der Waals surface area contributed by atoms with E-state index in [-0.39, 0.29) is 12.4 Å². The molecule has 168 valence electrons. The van der Waals surface area contributed by atoms with E-state index in [0.717, 1.165) is 24.0 Å². The largest absolute Gasteiger partial charge is 0.493 e. The zero-order valence-electron chi connectivity index (χ0n) is 17.7. The van der Waals surface area contributed by atoms with Gasteiger partial charge in [-0.1, -0.05) is 6.58 Å². The van der Waals surface area contributed by atoms with Crippen LogP contribution in [0.25, 0.3) is 5.57 Å². The van der Waals surface area contributed by atoms with Crippen LogP contribution >= 0.6 is 0 Å². The van der Waals surface area contributed by atoms with Crippen molar-refractivity contribution in [3.63, 3.8) is 0 Å². The van der Waals surface area contributed by atoms with Crippen molar-refractivity contribution >= 4 is 16.0 Å². The molecule has 0 aromatic heterocycles. The molecule has 0 atom stereocenters. The minimum Gasteiger partial charge on any atom is -0.493 e. The Morgan fingerprint density at radius 3 is 2.66 bits per heavy atom. The number of unbranched alkanes of at least 4 members (excludes halogenated alkanes) is 2. The molecule has 0 radical (unpaired) electrons. The number of allylic oxidation sites excluding steroid dienone is 2. The highest BCUT2D eigenvalue weighted by Crippen LogP contribution is 2.36. The molecule has 0 saturated heterocycles. The van der Waals surface area contributed by atoms with Crippen LogP contribution in [0, 0.1) is 12.3 Å². The van der Waals surface area contributed by atoms with E-state index >= 15 is 0 Å². The summed E-state index contributed by atoms with van der Waals surface area (Å²) in [6.07, 6.45) is 9.30. The molecule has 32 heavy (non-hydrogen) atoms. The van der Waals surface area contributed by atoms with Gasteiger partial charge in [0.15, 0.2) is 0 Å². The molecule has 0 bridgehead atoms. The van der Waals surface area contributed by atoms with Crippen LogP contribution in [0.3, 0.4) is 0 Å². The normalized spacial score (nSPS) is 12.8. The molecular weight excluding hydrogens is 432 g/mol. The minimum atomic E-state index is -4.65. The molecule has 1 N–H and O–H groups in total. The van der Waals surface area contributed by atoms with Gasteiger partial charge in [0, 0.05) is 29.7 Å². The van der Waals surface area contributed by atoms with Gasteiger partial charge in [0.25, 0.3) is 0 Å². The first-order chi connectivity index (χ1) is 15.2. The smallest absolute Gasteiger partial charge is 0.446 e. The molecule has 7 nitrogen and oxygen atoms in total. The lowest BCUT2D eigenvalue weighted by atomic mass is 10.0. The van der Waals surface area contributed by atoms with Crippen molar-refractivity contribution in [2.45, 2.75) is 32.8 Å². The quantitative estimate of drug-likeness (QED) is 0.308. The fourth-order valence-electron chi connectivity index (χ4n) is 3.13. The second-order valence-corrected chi connectivity index (χ2v) is 8.15. The third kappa shape index (κ3) is 6.54. The van der Waals surface area contributed by atoms with Crippen molar-refractivity contribution in [1.82, 2.24) is 0 Å². The molecule has 0 aliphatic carbocycles. The van der Waals surface area contributed by atoms with Gasteiger partial charge < -0.3 is 18.4 Å². The Kier molecular flexibility index (Phi) is 7.46. The van der Waals surface area contributed by atoms with Gasteiger partial charge in [-0.2, -0.15) is 8.42 Å². The number of rotatable bonds is 10. The van der Waals surface area contributed by atoms with Gasteiger partial charge in [-0.3, -0.25) is 4.55 Å². The Bertz CT molecular complexity index is 1170. The second kappa shape index (κ2) is 10.3. The molecule has 0 spiro atoms. The number of ether oxygens (including phenoxy) is 3. The van der Waals surface area contributed by atoms with Crippen LogP contribution in [0.4, 0.5) is 0 Å². The predicted molar refractivity (Wildman–Crippen MR) is 121 cm³/mol. The van der Waals surface area contributed by atoms with Crippen LogP contribution in [0.15, 0.2) is 54.8 Å². The molecule has 0 amide bonds. The van der Waals surface area contributed by atoms with Crippen molar-refractivity contribution in [3.05, 3.63) is 65.9 Å². The van der Waals surface area contributed by atoms with E-state index in [2.05, 4.69) is 16.7 Å². The van der Waals surface area contributed by atoms with Crippen molar-refractivity contribution < 1.29 is 31.4 Å². The van der Waals surface area contributed by atoms with E-state index < -0.39 is 10.4 Å². The lowest BCUT2D eigenvalue weighted by molar-refractivity contribution is 0.274. The van der Waals surface area contributed by atoms with Gasteiger partial charge in [-0.15, -0.1) is 12.3 Å². The van der Waals surface area contributed by atoms with Crippen LogP contribution in [0.2, 0.25) is 0 Å². The molecule has 1 aliphatic heterocycles. The summed E-state index contributed by atoms with van der Waals surface area (Å²) in [5.41, 5.74) is 2.69. The van der Waals surface area contributed by atoms with E-state index in [4.69, 9.17) is 25.2 Å². The molecule has 8 heteroatoms. The number of fused-ring (bicyclic) bond motifs is 1. The fourth-order valence-corrected chi connectivity index (χ4v) is 3.47. The summed E-state index contributed by atoms with van der Waals surface area (Å²) in [6.45, 7) is 6.35. The zero-order chi connectivity index (χ0) is 23.1. The lowest BCUT2D eigenvalue weighted by Gasteiger charge is -2.19. The third-order valence-electron chi connectivity index (χ3n) is 4.60. The Morgan fingerprint density at radius 2 is 1.91 bits per heavy atom. The summed E-state index contributed by atoms with van der Waals surface area (Å²) in [5, 5.41) is 0. The van der Waals surface area contributed by atoms with Crippen molar-refractivity contribution in [3.8, 4) is 35.3 Å². The fraction of sp³-hybridized carbons (Fsp3) is 0.250. The number of hydrogen-bond donors (Lipinski definition) is 1. The molecule has 2 aromatic rings. The monoisotopic (exact) mass is 456 g/mol. The van der Waals surface area contributed by atoms with Crippen LogP contribution in [-0.2, 0) is 17.0 Å². The molecular formula is C24H24O7S. The highest BCUT2D eigenvalue weighted by atomic mass is 32.3. The first kappa shape index (κ1) is 23.3. The molecule has 2 aromatic carbocycles. The highest BCUT2D eigenvalue weighted by Gasteiger charge is 2.15. The van der Waals surface area contributed by atoms with Gasteiger partial charge >= 0.3 is 10.4 Å². The SMILES string of the molecule is C#CCCCCOc1cc(OS(=O)(=O)O)ccc1COc1ccc2c(c1)OC(=C)C=C2C. The summed E-state index contributed by atoms with van der Waals surface area (Å²) in [7, 11) is -4.65. The third-order valence-corrected chi connectivity index (χ3v) is 5.01. The average molecular weight is 457 g/mol. The Hall–Kier alpha value is -3.41. The van der Waals surface area contributed by atoms with Crippen molar-refractivity contribution in [2.24, 2.45) is 0 Å². The van der Waals surface area contributed by atoms with E-state index in [1.165, 1.54) is 12.1 Å². The summed E-state index contributed by atoms with van der Waals surface area (Å²) < 4.78 is 52.9. The minimum absolute atomic E-state index is 0.0715. The van der Waals surface area contributed by atoms with Gasteiger partial charge in [0.1, 0.15) is 35.4 Å². The summed E-state index contributed by atoms with van der Waals surface area (Å²) in [4.78, 5) is 0. The van der Waals surface area contributed by atoms with Crippen molar-refractivity contribution in [1.29, 1.82) is 0 Å². The summed E-state index contributed by atoms with van der Waals surface area (Å²) in [6, 6.07) is 9.94. The van der Waals surface area contributed by atoms with E-state index in [1.54, 1.807) is 12.1 Å². The first-order valence-corrected chi connectivity index (χ1v) is 11.3. The highest BCUT2D eigenvalue weighted by molar-refractivity contribution is 7.81. The van der Waals surface area contributed by atoms with Gasteiger partial charge in [0.2, 0.25) is 0 Å². The van der Waals surface area contributed by atoms with E-state index in [0.29, 0.717) is 41.6 Å². The first-order valence-electron chi connectivity index (χ1n) is 9.93. The maximum absolute atomic E-state index is 11.0. The maximum Gasteiger partial charge on any atom is 0.446 e. The van der Waals surface area contributed by atoms with Crippen molar-refractivity contribution in [2.75, 3.05) is 6.61 Å². The molecule has 0 saturated carbocycles. The molecule has 0 fully saturated rings. The Labute approximate surface area is 188 Å². The Morgan fingerprint density at radius 1 is 1.12 bits per heavy atom. The zero-order valence-corrected chi connectivity index (χ0v) is 18.5. The number of hydrogen-bond acceptors (Lipinski definition) is 6. The number of benzene rings is 2. The van der Waals surface area contributed by atoms with Crippen LogP contribution in [0.5, 0.6) is 23.0 Å². The van der Waals surface area contributed by atoms with Gasteiger partial charge in [-0.25, -0.2) is 0 Å². The lowest BCUT2D eigenvalue weighted by Crippen LogP contribution is -2.08. The second-order valence-electron chi connectivity index (χ2n) is 7.13. The standard InChI is InChI=1S/C24H24O7S/c1-4-5-6-7-12-28-23-15-21(31-32(25,26)27)9-8-19(23)16-29-20-10-11-22-17(2)13-18(3)30-24(22)14-20/h1,8-11,13-15H,3,5-7,12,16H2,2H3,(H,25,26,27). The summed E-state index contributed by atoms with van der Waals surface area (Å²) in [5.74, 6) is 4.69. The van der Waals surface area contributed by atoms with Crippen LogP contribution in [-0.4, -0.2) is 19.6 Å². The molecule has 0 unspecified atom stereocenters. The van der Waals surface area contributed by atoms with Gasteiger partial charge in [-0.05, 0) is 55.7 Å². The summed E-state index contributed by atoms with van der Waals surface area (Å²) >= 11 is 0. The number of terminal acetylenes is 1. The van der Waals surface area contributed by atoms with E-state index in [9.17, 15) is 8.42 Å². The average Bonchev–Trinajstić information content (AvgIpc) is 2.71. The Balaban J connectivity index is 1.74. The van der Waals surface area contributed by atoms with Gasteiger partial charge in [0.05, 0.1) is 6.61 Å². The molecule has 1 aliphatic rings. The van der Waals surface area contributed by atoms with Crippen LogP contribution in [0.1, 0.15) is 37.3 Å². The maximum atomic E-state index is 11.0. The van der Waals surface area contributed by atoms with Crippen LogP contribution < -0.4 is 18.4 Å².